The quantitative estimate of drug-likeness (QED) is 0.733. The number of piperazine rings is 1. The van der Waals surface area contributed by atoms with E-state index in [0.29, 0.717) is 6.04 Å². The van der Waals surface area contributed by atoms with Crippen molar-refractivity contribution < 1.29 is 9.80 Å². The zero-order chi connectivity index (χ0) is 18.5. The van der Waals surface area contributed by atoms with Crippen LogP contribution in [0.5, 0.6) is 0 Å². The first-order chi connectivity index (χ1) is 13.3. The van der Waals surface area contributed by atoms with Crippen LogP contribution < -0.4 is 9.80 Å². The summed E-state index contributed by atoms with van der Waals surface area (Å²) in [6.45, 7) is 8.21. The lowest BCUT2D eigenvalue weighted by Crippen LogP contribution is -3.29. The fourth-order valence-electron chi connectivity index (χ4n) is 5.09. The van der Waals surface area contributed by atoms with E-state index in [1.807, 2.05) is 9.58 Å². The fraction of sp³-hybridized carbons (Fsp3) is 0.750. The molecule has 2 fully saturated rings. The van der Waals surface area contributed by atoms with Crippen LogP contribution >= 0.6 is 11.3 Å². The molecule has 148 valence electrons. The van der Waals surface area contributed by atoms with E-state index in [1.165, 1.54) is 76.0 Å². The molecular formula is C20H34N6S+2. The number of hydrogen-bond donors (Lipinski definition) is 2. The van der Waals surface area contributed by atoms with Crippen LogP contribution in [0.15, 0.2) is 17.5 Å². The van der Waals surface area contributed by atoms with Crippen LogP contribution in [0, 0.1) is 0 Å². The summed E-state index contributed by atoms with van der Waals surface area (Å²) in [7, 11) is 0. The minimum atomic E-state index is 0.429. The molecule has 0 unspecified atom stereocenters. The van der Waals surface area contributed by atoms with E-state index in [9.17, 15) is 0 Å². The molecule has 2 N–H and O–H groups in total. The molecule has 6 nitrogen and oxygen atoms in total. The summed E-state index contributed by atoms with van der Waals surface area (Å²) in [6, 6.07) is 5.63. The van der Waals surface area contributed by atoms with E-state index in [-0.39, 0.29) is 0 Å². The fourth-order valence-corrected chi connectivity index (χ4v) is 5.77. The number of hydrogen-bond acceptors (Lipinski definition) is 4. The van der Waals surface area contributed by atoms with Crippen molar-refractivity contribution in [3.63, 3.8) is 0 Å². The molecule has 1 aliphatic heterocycles. The molecule has 1 saturated carbocycles. The third-order valence-electron chi connectivity index (χ3n) is 6.54. The van der Waals surface area contributed by atoms with E-state index >= 15 is 0 Å². The highest BCUT2D eigenvalue weighted by atomic mass is 32.1. The van der Waals surface area contributed by atoms with Crippen molar-refractivity contribution in [2.45, 2.75) is 70.5 Å². The van der Waals surface area contributed by atoms with Crippen molar-refractivity contribution in [3.05, 3.63) is 28.2 Å². The second-order valence-electron chi connectivity index (χ2n) is 8.27. The molecule has 0 spiro atoms. The number of nitrogens with zero attached hydrogens (tertiary/aromatic N) is 4. The average Bonchev–Trinajstić information content (AvgIpc) is 3.40. The number of rotatable bonds is 7. The summed E-state index contributed by atoms with van der Waals surface area (Å²) in [5, 5.41) is 15.0. The lowest BCUT2D eigenvalue weighted by Gasteiger charge is -2.38. The molecule has 2 aliphatic rings. The standard InChI is InChI=1S/C20H32N6S/c1-2-7-19(20-21-22-23-26(20)16-18-10-6-15-27-18)25-13-11-24(12-14-25)17-8-4-3-5-9-17/h6,10,15,17,19H,2-5,7-9,11-14,16H2,1H3/p+2/t19-/m0/s1. The molecule has 1 aliphatic carbocycles. The van der Waals surface area contributed by atoms with E-state index in [1.54, 1.807) is 16.2 Å². The monoisotopic (exact) mass is 390 g/mol. The van der Waals surface area contributed by atoms with Crippen LogP contribution in [0.1, 0.15) is 68.6 Å². The average molecular weight is 391 g/mol. The van der Waals surface area contributed by atoms with Crippen molar-refractivity contribution in [2.75, 3.05) is 26.2 Å². The van der Waals surface area contributed by atoms with Gasteiger partial charge in [0.25, 0.3) is 0 Å². The zero-order valence-corrected chi connectivity index (χ0v) is 17.4. The molecule has 0 aromatic carbocycles. The summed E-state index contributed by atoms with van der Waals surface area (Å²) in [4.78, 5) is 4.88. The SMILES string of the molecule is CCC[C@@H](c1nnnn1Cc1cccs1)[NH+]1CC[NH+](C2CCCCC2)CC1. The highest BCUT2D eigenvalue weighted by Crippen LogP contribution is 2.17. The number of thiophene rings is 1. The summed E-state index contributed by atoms with van der Waals surface area (Å²) < 4.78 is 2.04. The second-order valence-corrected chi connectivity index (χ2v) is 9.30. The molecule has 0 bridgehead atoms. The minimum Gasteiger partial charge on any atom is -0.323 e. The first-order valence-corrected chi connectivity index (χ1v) is 11.7. The number of quaternary nitrogens is 2. The van der Waals surface area contributed by atoms with E-state index < -0.39 is 0 Å². The van der Waals surface area contributed by atoms with E-state index in [2.05, 4.69) is 40.0 Å². The minimum absolute atomic E-state index is 0.429. The largest absolute Gasteiger partial charge is 0.323 e. The molecule has 7 heteroatoms. The van der Waals surface area contributed by atoms with Crippen LogP contribution in [-0.2, 0) is 6.54 Å². The van der Waals surface area contributed by atoms with Crippen LogP contribution in [-0.4, -0.2) is 52.4 Å². The van der Waals surface area contributed by atoms with Gasteiger partial charge in [-0.3, -0.25) is 0 Å². The topological polar surface area (TPSA) is 52.5 Å². The highest BCUT2D eigenvalue weighted by Gasteiger charge is 2.36. The summed E-state index contributed by atoms with van der Waals surface area (Å²) in [6.07, 6.45) is 9.58. The van der Waals surface area contributed by atoms with Gasteiger partial charge >= 0.3 is 0 Å². The molecule has 2 aromatic rings. The Bertz CT molecular complexity index is 670. The highest BCUT2D eigenvalue weighted by molar-refractivity contribution is 7.09. The lowest BCUT2D eigenvalue weighted by molar-refractivity contribution is -1.04. The Morgan fingerprint density at radius 3 is 2.70 bits per heavy atom. The Hall–Kier alpha value is -1.31. The van der Waals surface area contributed by atoms with Gasteiger partial charge in [-0.2, -0.15) is 0 Å². The summed E-state index contributed by atoms with van der Waals surface area (Å²) in [5.74, 6) is 1.08. The number of aromatic nitrogens is 4. The molecule has 1 saturated heterocycles. The number of tetrazole rings is 1. The van der Waals surface area contributed by atoms with Crippen molar-refractivity contribution in [1.82, 2.24) is 20.2 Å². The van der Waals surface area contributed by atoms with Gasteiger partial charge in [0.15, 0.2) is 0 Å². The molecule has 27 heavy (non-hydrogen) atoms. The Labute approximate surface area is 166 Å². The Morgan fingerprint density at radius 1 is 1.19 bits per heavy atom. The molecular weight excluding hydrogens is 356 g/mol. The van der Waals surface area contributed by atoms with Gasteiger partial charge < -0.3 is 9.80 Å². The molecule has 2 aromatic heterocycles. The van der Waals surface area contributed by atoms with Crippen LogP contribution in [0.25, 0.3) is 0 Å². The number of nitrogens with one attached hydrogen (secondary N) is 2. The molecule has 0 amide bonds. The van der Waals surface area contributed by atoms with Crippen molar-refractivity contribution in [3.8, 4) is 0 Å². The third kappa shape index (κ3) is 4.58. The van der Waals surface area contributed by atoms with E-state index in [4.69, 9.17) is 0 Å². The Kier molecular flexibility index (Phi) is 6.52. The maximum atomic E-state index is 4.48. The van der Waals surface area contributed by atoms with Crippen molar-refractivity contribution in [1.29, 1.82) is 0 Å². The van der Waals surface area contributed by atoms with Gasteiger partial charge in [-0.25, -0.2) is 4.68 Å². The molecule has 4 rings (SSSR count). The molecule has 1 atom stereocenters. The van der Waals surface area contributed by atoms with Gasteiger partial charge in [0, 0.05) is 11.3 Å². The smallest absolute Gasteiger partial charge is 0.209 e. The normalized spacial score (nSPS) is 25.5. The first-order valence-electron chi connectivity index (χ1n) is 10.8. The van der Waals surface area contributed by atoms with Crippen molar-refractivity contribution >= 4 is 11.3 Å². The van der Waals surface area contributed by atoms with Gasteiger partial charge in [0.1, 0.15) is 32.2 Å². The predicted molar refractivity (Wildman–Crippen MR) is 107 cm³/mol. The predicted octanol–water partition coefficient (Wildman–Crippen LogP) is 0.740. The van der Waals surface area contributed by atoms with E-state index in [0.717, 1.165) is 18.4 Å². The van der Waals surface area contributed by atoms with Gasteiger partial charge in [-0.1, -0.05) is 25.8 Å². The van der Waals surface area contributed by atoms with Crippen molar-refractivity contribution in [2.24, 2.45) is 0 Å². The molecule has 0 radical (unpaired) electrons. The van der Waals surface area contributed by atoms with Crippen LogP contribution in [0.4, 0.5) is 0 Å². The zero-order valence-electron chi connectivity index (χ0n) is 16.6. The Balaban J connectivity index is 1.42. The molecule has 3 heterocycles. The van der Waals surface area contributed by atoms with Crippen LogP contribution in [0.2, 0.25) is 0 Å². The lowest BCUT2D eigenvalue weighted by atomic mass is 9.93. The third-order valence-corrected chi connectivity index (χ3v) is 7.41. The van der Waals surface area contributed by atoms with Gasteiger partial charge in [-0.15, -0.1) is 16.4 Å². The summed E-state index contributed by atoms with van der Waals surface area (Å²) >= 11 is 1.78. The Morgan fingerprint density at radius 2 is 2.00 bits per heavy atom. The van der Waals surface area contributed by atoms with Gasteiger partial charge in [-0.05, 0) is 47.6 Å². The maximum absolute atomic E-state index is 4.48. The first kappa shape index (κ1) is 19.0. The second kappa shape index (κ2) is 9.26. The van der Waals surface area contributed by atoms with Gasteiger partial charge in [0.05, 0.1) is 12.6 Å². The summed E-state index contributed by atoms with van der Waals surface area (Å²) in [5.41, 5.74) is 0. The van der Waals surface area contributed by atoms with Crippen LogP contribution in [0.3, 0.4) is 0 Å². The van der Waals surface area contributed by atoms with Gasteiger partial charge in [0.2, 0.25) is 5.82 Å². The maximum Gasteiger partial charge on any atom is 0.209 e.